The van der Waals surface area contributed by atoms with Crippen LogP contribution in [0.2, 0.25) is 0 Å². The number of aromatic nitrogens is 1. The molecule has 0 radical (unpaired) electrons. The second-order valence-corrected chi connectivity index (χ2v) is 5.51. The quantitative estimate of drug-likeness (QED) is 0.924. The number of amides is 1. The number of carbonyl (C=O) groups excluding carboxylic acids is 1. The summed E-state index contributed by atoms with van der Waals surface area (Å²) in [6, 6.07) is 4.71. The second-order valence-electron chi connectivity index (χ2n) is 4.65. The molecular weight excluding hydrogens is 327 g/mol. The molecule has 20 heavy (non-hydrogen) atoms. The summed E-state index contributed by atoms with van der Waals surface area (Å²) in [5.41, 5.74) is 0.950. The van der Waals surface area contributed by atoms with Crippen molar-refractivity contribution in [3.63, 3.8) is 0 Å². The van der Waals surface area contributed by atoms with Gasteiger partial charge in [-0.1, -0.05) is 19.9 Å². The minimum atomic E-state index is -0.360. The van der Waals surface area contributed by atoms with Crippen LogP contribution < -0.4 is 5.32 Å². The molecule has 0 aliphatic heterocycles. The Labute approximate surface area is 124 Å². The van der Waals surface area contributed by atoms with Crippen molar-refractivity contribution < 1.29 is 13.6 Å². The van der Waals surface area contributed by atoms with Crippen molar-refractivity contribution in [2.45, 2.75) is 26.3 Å². The third-order valence-electron chi connectivity index (χ3n) is 2.77. The summed E-state index contributed by atoms with van der Waals surface area (Å²) in [7, 11) is 0. The summed E-state index contributed by atoms with van der Waals surface area (Å²) in [4.78, 5) is 15.9. The van der Waals surface area contributed by atoms with Crippen LogP contribution in [-0.2, 0) is 6.54 Å². The van der Waals surface area contributed by atoms with Gasteiger partial charge in [-0.05, 0) is 33.6 Å². The summed E-state index contributed by atoms with van der Waals surface area (Å²) in [6.45, 7) is 4.07. The van der Waals surface area contributed by atoms with Gasteiger partial charge < -0.3 is 9.73 Å². The number of halogens is 2. The average molecular weight is 341 g/mol. The summed E-state index contributed by atoms with van der Waals surface area (Å²) in [5, 5.41) is 2.70. The van der Waals surface area contributed by atoms with Crippen molar-refractivity contribution in [1.29, 1.82) is 0 Å². The SMILES string of the molecule is CC(C)c1ocnc1C(=O)NCc1ccc(Br)c(F)c1. The van der Waals surface area contributed by atoms with E-state index in [2.05, 4.69) is 26.2 Å². The van der Waals surface area contributed by atoms with Crippen molar-refractivity contribution >= 4 is 21.8 Å². The Kier molecular flexibility index (Phi) is 4.54. The van der Waals surface area contributed by atoms with Gasteiger partial charge in [0.25, 0.3) is 5.91 Å². The first-order chi connectivity index (χ1) is 9.49. The molecular formula is C14H14BrFN2O2. The van der Waals surface area contributed by atoms with E-state index < -0.39 is 0 Å². The van der Waals surface area contributed by atoms with Crippen LogP contribution >= 0.6 is 15.9 Å². The Morgan fingerprint density at radius 3 is 2.90 bits per heavy atom. The van der Waals surface area contributed by atoms with Gasteiger partial charge in [-0.3, -0.25) is 4.79 Å². The molecule has 6 heteroatoms. The maximum Gasteiger partial charge on any atom is 0.273 e. The fraction of sp³-hybridized carbons (Fsp3) is 0.286. The third-order valence-corrected chi connectivity index (χ3v) is 3.41. The largest absolute Gasteiger partial charge is 0.447 e. The first kappa shape index (κ1) is 14.7. The molecule has 0 fully saturated rings. The fourth-order valence-electron chi connectivity index (χ4n) is 1.75. The normalized spacial score (nSPS) is 10.8. The van der Waals surface area contributed by atoms with Crippen LogP contribution in [0.15, 0.2) is 33.5 Å². The molecule has 1 heterocycles. The van der Waals surface area contributed by atoms with Crippen molar-refractivity contribution in [2.24, 2.45) is 0 Å². The van der Waals surface area contributed by atoms with Crippen LogP contribution in [0.25, 0.3) is 0 Å². The maximum absolute atomic E-state index is 13.4. The van der Waals surface area contributed by atoms with Gasteiger partial charge in [0.15, 0.2) is 12.1 Å². The van der Waals surface area contributed by atoms with E-state index in [1.807, 2.05) is 13.8 Å². The highest BCUT2D eigenvalue weighted by Crippen LogP contribution is 2.19. The van der Waals surface area contributed by atoms with E-state index in [1.165, 1.54) is 12.5 Å². The molecule has 2 rings (SSSR count). The molecule has 106 valence electrons. The third kappa shape index (κ3) is 3.25. The summed E-state index contributed by atoms with van der Waals surface area (Å²) in [6.07, 6.45) is 1.25. The second kappa shape index (κ2) is 6.17. The number of rotatable bonds is 4. The Morgan fingerprint density at radius 1 is 1.50 bits per heavy atom. The number of carbonyl (C=O) groups is 1. The van der Waals surface area contributed by atoms with Crippen LogP contribution in [0.5, 0.6) is 0 Å². The molecule has 1 aromatic carbocycles. The van der Waals surface area contributed by atoms with Gasteiger partial charge >= 0.3 is 0 Å². The zero-order chi connectivity index (χ0) is 14.7. The van der Waals surface area contributed by atoms with Crippen LogP contribution in [0.1, 0.15) is 41.6 Å². The van der Waals surface area contributed by atoms with Crippen molar-refractivity contribution in [3.8, 4) is 0 Å². The summed E-state index contributed by atoms with van der Waals surface area (Å²) in [5.74, 6) is -0.0697. The van der Waals surface area contributed by atoms with Crippen molar-refractivity contribution in [2.75, 3.05) is 0 Å². The Balaban J connectivity index is 2.05. The lowest BCUT2D eigenvalue weighted by Gasteiger charge is -2.06. The van der Waals surface area contributed by atoms with E-state index >= 15 is 0 Å². The van der Waals surface area contributed by atoms with Crippen LogP contribution in [0, 0.1) is 5.82 Å². The van der Waals surface area contributed by atoms with Gasteiger partial charge in [0.05, 0.1) is 4.47 Å². The molecule has 0 spiro atoms. The van der Waals surface area contributed by atoms with E-state index in [1.54, 1.807) is 12.1 Å². The molecule has 0 saturated heterocycles. The van der Waals surface area contributed by atoms with E-state index in [0.29, 0.717) is 15.8 Å². The first-order valence-electron chi connectivity index (χ1n) is 6.14. The lowest BCUT2D eigenvalue weighted by Crippen LogP contribution is -2.24. The standard InChI is InChI=1S/C14H14BrFN2O2/c1-8(2)13-12(18-7-20-13)14(19)17-6-9-3-4-10(15)11(16)5-9/h3-5,7-8H,6H2,1-2H3,(H,17,19). The Bertz CT molecular complexity index is 625. The highest BCUT2D eigenvalue weighted by molar-refractivity contribution is 9.10. The first-order valence-corrected chi connectivity index (χ1v) is 6.94. The molecule has 0 unspecified atom stereocenters. The van der Waals surface area contributed by atoms with Crippen LogP contribution in [-0.4, -0.2) is 10.9 Å². The fourth-order valence-corrected chi connectivity index (χ4v) is 2.00. The molecule has 0 bridgehead atoms. The Morgan fingerprint density at radius 2 is 2.25 bits per heavy atom. The maximum atomic E-state index is 13.4. The van der Waals surface area contributed by atoms with E-state index in [0.717, 1.165) is 0 Å². The van der Waals surface area contributed by atoms with Crippen molar-refractivity contribution in [3.05, 3.63) is 51.9 Å². The molecule has 1 amide bonds. The molecule has 0 aliphatic carbocycles. The Hall–Kier alpha value is -1.69. The number of nitrogens with one attached hydrogen (secondary N) is 1. The van der Waals surface area contributed by atoms with Crippen LogP contribution in [0.4, 0.5) is 4.39 Å². The van der Waals surface area contributed by atoms with Crippen molar-refractivity contribution in [1.82, 2.24) is 10.3 Å². The van der Waals surface area contributed by atoms with Gasteiger partial charge in [-0.25, -0.2) is 9.37 Å². The van der Waals surface area contributed by atoms with Gasteiger partial charge in [0.1, 0.15) is 11.6 Å². The monoisotopic (exact) mass is 340 g/mol. The molecule has 0 atom stereocenters. The van der Waals surface area contributed by atoms with E-state index in [4.69, 9.17) is 4.42 Å². The number of nitrogens with zero attached hydrogens (tertiary/aromatic N) is 1. The molecule has 4 nitrogen and oxygen atoms in total. The number of hydrogen-bond acceptors (Lipinski definition) is 3. The molecule has 1 N–H and O–H groups in total. The lowest BCUT2D eigenvalue weighted by molar-refractivity contribution is 0.0944. The molecule has 0 saturated carbocycles. The number of hydrogen-bond donors (Lipinski definition) is 1. The molecule has 1 aromatic heterocycles. The highest BCUT2D eigenvalue weighted by Gasteiger charge is 2.18. The van der Waals surface area contributed by atoms with Gasteiger partial charge in [0.2, 0.25) is 0 Å². The van der Waals surface area contributed by atoms with Gasteiger partial charge in [0, 0.05) is 12.5 Å². The number of benzene rings is 1. The summed E-state index contributed by atoms with van der Waals surface area (Å²) < 4.78 is 19.0. The predicted octanol–water partition coefficient (Wildman–Crippen LogP) is 3.63. The number of oxazole rings is 1. The van der Waals surface area contributed by atoms with Gasteiger partial charge in [-0.15, -0.1) is 0 Å². The van der Waals surface area contributed by atoms with E-state index in [9.17, 15) is 9.18 Å². The van der Waals surface area contributed by atoms with Crippen LogP contribution in [0.3, 0.4) is 0 Å². The molecule has 2 aromatic rings. The van der Waals surface area contributed by atoms with E-state index in [-0.39, 0.29) is 29.9 Å². The zero-order valence-electron chi connectivity index (χ0n) is 11.1. The topological polar surface area (TPSA) is 55.1 Å². The summed E-state index contributed by atoms with van der Waals surface area (Å²) >= 11 is 3.08. The minimum Gasteiger partial charge on any atom is -0.447 e. The molecule has 0 aliphatic rings. The van der Waals surface area contributed by atoms with Gasteiger partial charge in [-0.2, -0.15) is 0 Å². The predicted molar refractivity (Wildman–Crippen MR) is 75.9 cm³/mol. The minimum absolute atomic E-state index is 0.0726. The smallest absolute Gasteiger partial charge is 0.273 e. The lowest BCUT2D eigenvalue weighted by atomic mass is 10.1. The average Bonchev–Trinajstić information content (AvgIpc) is 2.89. The zero-order valence-corrected chi connectivity index (χ0v) is 12.7. The highest BCUT2D eigenvalue weighted by atomic mass is 79.9.